The number of amides is 2. The number of hydrogen-bond acceptors (Lipinski definition) is 3. The van der Waals surface area contributed by atoms with E-state index < -0.39 is 17.3 Å². The number of aliphatic hydroxyl groups is 1. The molecule has 0 spiro atoms. The van der Waals surface area contributed by atoms with E-state index >= 15 is 0 Å². The summed E-state index contributed by atoms with van der Waals surface area (Å²) in [5.74, 6) is -2.23. The molecule has 3 aromatic carbocycles. The molecule has 1 fully saturated rings. The van der Waals surface area contributed by atoms with Crippen LogP contribution in [0.3, 0.4) is 0 Å². The van der Waals surface area contributed by atoms with E-state index in [1.165, 1.54) is 4.90 Å². The van der Waals surface area contributed by atoms with E-state index in [1.807, 2.05) is 48.5 Å². The molecule has 1 aliphatic heterocycles. The molecule has 4 nitrogen and oxygen atoms in total. The van der Waals surface area contributed by atoms with Crippen LogP contribution in [0.15, 0.2) is 66.7 Å². The number of aliphatic hydroxyl groups excluding tert-OH is 1. The molecule has 6 heteroatoms. The summed E-state index contributed by atoms with van der Waals surface area (Å²) in [4.78, 5) is 28.9. The molecule has 1 saturated heterocycles. The van der Waals surface area contributed by atoms with Crippen molar-refractivity contribution >= 4 is 40.7 Å². The minimum Gasteiger partial charge on any atom is -0.395 e. The van der Waals surface area contributed by atoms with Crippen molar-refractivity contribution in [2.45, 2.75) is 11.3 Å². The van der Waals surface area contributed by atoms with E-state index in [4.69, 9.17) is 23.2 Å². The molecule has 0 aromatic heterocycles. The SMILES string of the molecule is O=C1[C@@H]2C3c4ccccc4C(CO)(c4ccccc43)[C@H]2C(=O)N1c1cc(Cl)ccc1Cl. The Balaban J connectivity index is 1.65. The third-order valence-corrected chi connectivity index (χ3v) is 7.75. The Hall–Kier alpha value is -2.66. The van der Waals surface area contributed by atoms with Gasteiger partial charge in [-0.1, -0.05) is 71.7 Å². The molecule has 154 valence electrons. The highest BCUT2D eigenvalue weighted by Gasteiger charge is 2.68. The van der Waals surface area contributed by atoms with Gasteiger partial charge in [-0.2, -0.15) is 0 Å². The largest absolute Gasteiger partial charge is 0.395 e. The maximum absolute atomic E-state index is 13.9. The fourth-order valence-electron chi connectivity index (χ4n) is 6.09. The number of imide groups is 1. The number of benzene rings is 3. The lowest BCUT2D eigenvalue weighted by Crippen LogP contribution is -2.55. The Labute approximate surface area is 189 Å². The highest BCUT2D eigenvalue weighted by molar-refractivity contribution is 6.38. The summed E-state index contributed by atoms with van der Waals surface area (Å²) < 4.78 is 0. The maximum atomic E-state index is 13.9. The van der Waals surface area contributed by atoms with Crippen LogP contribution >= 0.6 is 23.2 Å². The standard InChI is InChI=1S/C25H17Cl2NO3/c26-13-9-10-18(27)19(11-13)28-23(30)21-20-14-5-1-3-7-16(14)25(12-29,22(21)24(28)31)17-8-4-2-6-15(17)20/h1-11,20-22,29H,12H2/t20?,21-,22-,25?/m1/s1. The van der Waals surface area contributed by atoms with Crippen LogP contribution in [0.2, 0.25) is 10.0 Å². The lowest BCUT2D eigenvalue weighted by Gasteiger charge is -2.53. The molecule has 3 aliphatic carbocycles. The number of halogens is 2. The van der Waals surface area contributed by atoms with Crippen LogP contribution in [0.1, 0.15) is 28.2 Å². The molecule has 4 aliphatic rings. The smallest absolute Gasteiger partial charge is 0.239 e. The zero-order chi connectivity index (χ0) is 21.5. The lowest BCUT2D eigenvalue weighted by atomic mass is 9.47. The summed E-state index contributed by atoms with van der Waals surface area (Å²) in [6.45, 7) is -0.273. The molecule has 7 rings (SSSR count). The summed E-state index contributed by atoms with van der Waals surface area (Å²) in [6.07, 6.45) is 0. The second kappa shape index (κ2) is 6.42. The fourth-order valence-corrected chi connectivity index (χ4v) is 6.46. The summed E-state index contributed by atoms with van der Waals surface area (Å²) in [7, 11) is 0. The topological polar surface area (TPSA) is 57.6 Å². The predicted molar refractivity (Wildman–Crippen MR) is 119 cm³/mol. The Bertz CT molecular complexity index is 1240. The van der Waals surface area contributed by atoms with Gasteiger partial charge in [-0.3, -0.25) is 9.59 Å². The van der Waals surface area contributed by atoms with Gasteiger partial charge in [-0.25, -0.2) is 4.90 Å². The van der Waals surface area contributed by atoms with Gasteiger partial charge in [-0.05, 0) is 40.5 Å². The lowest BCUT2D eigenvalue weighted by molar-refractivity contribution is -0.124. The van der Waals surface area contributed by atoms with E-state index in [0.29, 0.717) is 10.7 Å². The molecule has 1 heterocycles. The Morgan fingerprint density at radius 3 is 2.10 bits per heavy atom. The minimum atomic E-state index is -0.987. The Morgan fingerprint density at radius 2 is 1.48 bits per heavy atom. The van der Waals surface area contributed by atoms with E-state index in [-0.39, 0.29) is 29.4 Å². The summed E-state index contributed by atoms with van der Waals surface area (Å²) in [5.41, 5.74) is 3.14. The number of hydrogen-bond donors (Lipinski definition) is 1. The first-order valence-corrected chi connectivity index (χ1v) is 10.9. The van der Waals surface area contributed by atoms with Gasteiger partial charge in [-0.15, -0.1) is 0 Å². The Kier molecular flexibility index (Phi) is 3.95. The first kappa shape index (κ1) is 19.1. The van der Waals surface area contributed by atoms with E-state index in [2.05, 4.69) is 0 Å². The molecule has 2 amide bonds. The van der Waals surface area contributed by atoms with Gasteiger partial charge in [0.05, 0.1) is 34.6 Å². The van der Waals surface area contributed by atoms with Crippen LogP contribution in [0.25, 0.3) is 0 Å². The van der Waals surface area contributed by atoms with Crippen molar-refractivity contribution in [3.05, 3.63) is 99.0 Å². The van der Waals surface area contributed by atoms with Crippen molar-refractivity contribution in [1.29, 1.82) is 0 Å². The number of rotatable bonds is 2. The van der Waals surface area contributed by atoms with Gasteiger partial charge >= 0.3 is 0 Å². The number of carbonyl (C=O) groups excluding carboxylic acids is 2. The average Bonchev–Trinajstić information content (AvgIpc) is 3.06. The number of carbonyl (C=O) groups is 2. The van der Waals surface area contributed by atoms with Crippen molar-refractivity contribution in [2.75, 3.05) is 11.5 Å². The molecule has 31 heavy (non-hydrogen) atoms. The molecule has 0 radical (unpaired) electrons. The first-order valence-electron chi connectivity index (χ1n) is 10.1. The molecule has 1 N–H and O–H groups in total. The van der Waals surface area contributed by atoms with Crippen molar-refractivity contribution in [2.24, 2.45) is 11.8 Å². The van der Waals surface area contributed by atoms with Crippen molar-refractivity contribution < 1.29 is 14.7 Å². The highest BCUT2D eigenvalue weighted by Crippen LogP contribution is 2.64. The monoisotopic (exact) mass is 449 g/mol. The quantitative estimate of drug-likeness (QED) is 0.584. The van der Waals surface area contributed by atoms with E-state index in [9.17, 15) is 14.7 Å². The van der Waals surface area contributed by atoms with Crippen LogP contribution in [0.5, 0.6) is 0 Å². The van der Waals surface area contributed by atoms with Crippen molar-refractivity contribution in [1.82, 2.24) is 0 Å². The van der Waals surface area contributed by atoms with Gasteiger partial charge in [0.25, 0.3) is 0 Å². The summed E-state index contributed by atoms with van der Waals surface area (Å²) in [6, 6.07) is 20.4. The first-order chi connectivity index (χ1) is 15.0. The number of anilines is 1. The van der Waals surface area contributed by atoms with E-state index in [1.54, 1.807) is 18.2 Å². The second-order valence-corrected chi connectivity index (χ2v) is 9.24. The second-order valence-electron chi connectivity index (χ2n) is 8.39. The highest BCUT2D eigenvalue weighted by atomic mass is 35.5. The van der Waals surface area contributed by atoms with Gasteiger partial charge < -0.3 is 5.11 Å². The molecule has 2 atom stereocenters. The van der Waals surface area contributed by atoms with Crippen molar-refractivity contribution in [3.63, 3.8) is 0 Å². The molecular formula is C25H17Cl2NO3. The van der Waals surface area contributed by atoms with Crippen molar-refractivity contribution in [3.8, 4) is 0 Å². The molecule has 2 bridgehead atoms. The molecule has 0 saturated carbocycles. The van der Waals surface area contributed by atoms with Crippen LogP contribution in [0.4, 0.5) is 5.69 Å². The molecule has 0 unspecified atom stereocenters. The van der Waals surface area contributed by atoms with Crippen LogP contribution < -0.4 is 4.90 Å². The normalized spacial score (nSPS) is 27.8. The van der Waals surface area contributed by atoms with Crippen LogP contribution in [0, 0.1) is 11.8 Å². The molecular weight excluding hydrogens is 433 g/mol. The van der Waals surface area contributed by atoms with Gasteiger partial charge in [0.2, 0.25) is 11.8 Å². The Morgan fingerprint density at radius 1 is 0.871 bits per heavy atom. The summed E-state index contributed by atoms with van der Waals surface area (Å²) >= 11 is 12.6. The molecule has 3 aromatic rings. The fraction of sp³-hybridized carbons (Fsp3) is 0.200. The number of nitrogens with zero attached hydrogens (tertiary/aromatic N) is 1. The third kappa shape index (κ3) is 2.20. The predicted octanol–water partition coefficient (Wildman–Crippen LogP) is 4.54. The van der Waals surface area contributed by atoms with Crippen LogP contribution in [-0.4, -0.2) is 23.5 Å². The van der Waals surface area contributed by atoms with E-state index in [0.717, 1.165) is 22.3 Å². The summed E-state index contributed by atoms with van der Waals surface area (Å²) in [5, 5.41) is 11.5. The zero-order valence-corrected chi connectivity index (χ0v) is 17.8. The maximum Gasteiger partial charge on any atom is 0.239 e. The average molecular weight is 450 g/mol. The van der Waals surface area contributed by atoms with Crippen LogP contribution in [-0.2, 0) is 15.0 Å². The van der Waals surface area contributed by atoms with Gasteiger partial charge in [0, 0.05) is 10.9 Å². The van der Waals surface area contributed by atoms with Gasteiger partial charge in [0.15, 0.2) is 0 Å². The van der Waals surface area contributed by atoms with Gasteiger partial charge in [0.1, 0.15) is 0 Å². The third-order valence-electron chi connectivity index (χ3n) is 7.19. The zero-order valence-electron chi connectivity index (χ0n) is 16.3. The minimum absolute atomic E-state index is 0.259.